The molecular formula is C16H17N3O2S. The quantitative estimate of drug-likeness (QED) is 0.734. The van der Waals surface area contributed by atoms with E-state index in [1.807, 2.05) is 45.7 Å². The molecule has 22 heavy (non-hydrogen) atoms. The van der Waals surface area contributed by atoms with E-state index in [0.717, 1.165) is 16.6 Å². The third kappa shape index (κ3) is 3.35. The fraction of sp³-hybridized carbons (Fsp3) is 0.250. The van der Waals surface area contributed by atoms with Gasteiger partial charge in [0.1, 0.15) is 0 Å². The predicted octanol–water partition coefficient (Wildman–Crippen LogP) is 2.34. The predicted molar refractivity (Wildman–Crippen MR) is 86.6 cm³/mol. The van der Waals surface area contributed by atoms with E-state index < -0.39 is 6.10 Å². The van der Waals surface area contributed by atoms with Gasteiger partial charge in [-0.2, -0.15) is 11.3 Å². The highest BCUT2D eigenvalue weighted by Crippen LogP contribution is 2.15. The third-order valence-electron chi connectivity index (χ3n) is 3.53. The number of thiophene rings is 1. The second kappa shape index (κ2) is 6.72. The van der Waals surface area contributed by atoms with Crippen LogP contribution in [0.5, 0.6) is 0 Å². The van der Waals surface area contributed by atoms with Gasteiger partial charge in [0.05, 0.1) is 23.5 Å². The summed E-state index contributed by atoms with van der Waals surface area (Å²) in [6.45, 7) is 0.807. The Balaban J connectivity index is 1.50. The molecule has 5 nitrogen and oxygen atoms in total. The SMILES string of the molecule is O=C(CCn1cnc2ccccc21)NC[C@H](O)c1ccsc1. The van der Waals surface area contributed by atoms with E-state index in [-0.39, 0.29) is 12.5 Å². The highest BCUT2D eigenvalue weighted by Gasteiger charge is 2.10. The van der Waals surface area contributed by atoms with Crippen LogP contribution in [0.3, 0.4) is 0 Å². The van der Waals surface area contributed by atoms with E-state index in [4.69, 9.17) is 0 Å². The van der Waals surface area contributed by atoms with Gasteiger partial charge in [0.2, 0.25) is 5.91 Å². The highest BCUT2D eigenvalue weighted by atomic mass is 32.1. The van der Waals surface area contributed by atoms with Crippen LogP contribution in [0.25, 0.3) is 11.0 Å². The first-order chi connectivity index (χ1) is 10.7. The lowest BCUT2D eigenvalue weighted by atomic mass is 10.2. The van der Waals surface area contributed by atoms with Crippen molar-refractivity contribution in [3.63, 3.8) is 0 Å². The topological polar surface area (TPSA) is 67.2 Å². The number of aromatic nitrogens is 2. The summed E-state index contributed by atoms with van der Waals surface area (Å²) in [5, 5.41) is 16.5. The Morgan fingerprint density at radius 3 is 3.05 bits per heavy atom. The third-order valence-corrected chi connectivity index (χ3v) is 4.23. The molecule has 1 amide bonds. The van der Waals surface area contributed by atoms with Gasteiger partial charge in [0.15, 0.2) is 0 Å². The second-order valence-corrected chi connectivity index (χ2v) is 5.83. The molecule has 0 aliphatic carbocycles. The van der Waals surface area contributed by atoms with Crippen LogP contribution in [-0.4, -0.2) is 27.1 Å². The summed E-state index contributed by atoms with van der Waals surface area (Å²) in [5.41, 5.74) is 2.79. The summed E-state index contributed by atoms with van der Waals surface area (Å²) in [6, 6.07) is 9.69. The molecule has 0 spiro atoms. The lowest BCUT2D eigenvalue weighted by molar-refractivity contribution is -0.121. The number of hydrogen-bond donors (Lipinski definition) is 2. The number of aliphatic hydroxyl groups excluding tert-OH is 1. The fourth-order valence-electron chi connectivity index (χ4n) is 2.29. The van der Waals surface area contributed by atoms with Crippen molar-refractivity contribution >= 4 is 28.3 Å². The van der Waals surface area contributed by atoms with E-state index in [0.29, 0.717) is 13.0 Å². The minimum atomic E-state index is -0.649. The largest absolute Gasteiger partial charge is 0.387 e. The number of hydrogen-bond acceptors (Lipinski definition) is 4. The average Bonchev–Trinajstić information content (AvgIpc) is 3.20. The number of benzene rings is 1. The summed E-state index contributed by atoms with van der Waals surface area (Å²) in [4.78, 5) is 16.2. The Morgan fingerprint density at radius 2 is 2.23 bits per heavy atom. The molecule has 3 rings (SSSR count). The van der Waals surface area contributed by atoms with Crippen molar-refractivity contribution in [1.82, 2.24) is 14.9 Å². The molecule has 0 aliphatic heterocycles. The maximum absolute atomic E-state index is 11.9. The summed E-state index contributed by atoms with van der Waals surface area (Å²) in [5.74, 6) is -0.0768. The lowest BCUT2D eigenvalue weighted by Gasteiger charge is -2.11. The number of para-hydroxylation sites is 2. The number of aryl methyl sites for hydroxylation is 1. The Hall–Kier alpha value is -2.18. The number of rotatable bonds is 6. The van der Waals surface area contributed by atoms with Gasteiger partial charge in [-0.1, -0.05) is 12.1 Å². The molecule has 1 atom stereocenters. The Bertz CT molecular complexity index is 752. The van der Waals surface area contributed by atoms with Crippen LogP contribution in [0.2, 0.25) is 0 Å². The van der Waals surface area contributed by atoms with Gasteiger partial charge in [-0.25, -0.2) is 4.98 Å². The van der Waals surface area contributed by atoms with Crippen molar-refractivity contribution in [1.29, 1.82) is 0 Å². The maximum Gasteiger partial charge on any atom is 0.221 e. The number of carbonyl (C=O) groups is 1. The molecule has 2 N–H and O–H groups in total. The molecule has 0 saturated heterocycles. The summed E-state index contributed by atoms with van der Waals surface area (Å²) in [7, 11) is 0. The number of carbonyl (C=O) groups excluding carboxylic acids is 1. The van der Waals surface area contributed by atoms with Crippen LogP contribution in [0.4, 0.5) is 0 Å². The van der Waals surface area contributed by atoms with E-state index >= 15 is 0 Å². The first-order valence-electron chi connectivity index (χ1n) is 7.11. The van der Waals surface area contributed by atoms with Crippen molar-refractivity contribution in [3.05, 3.63) is 53.0 Å². The van der Waals surface area contributed by atoms with E-state index in [1.165, 1.54) is 11.3 Å². The molecule has 0 fully saturated rings. The van der Waals surface area contributed by atoms with Gasteiger partial charge in [-0.3, -0.25) is 4.79 Å². The average molecular weight is 315 g/mol. The zero-order chi connectivity index (χ0) is 15.4. The minimum Gasteiger partial charge on any atom is -0.387 e. The van der Waals surface area contributed by atoms with Crippen LogP contribution in [-0.2, 0) is 11.3 Å². The monoisotopic (exact) mass is 315 g/mol. The van der Waals surface area contributed by atoms with Crippen LogP contribution < -0.4 is 5.32 Å². The van der Waals surface area contributed by atoms with Gasteiger partial charge in [0.25, 0.3) is 0 Å². The van der Waals surface area contributed by atoms with Gasteiger partial charge < -0.3 is 15.0 Å². The molecule has 0 saturated carbocycles. The van der Waals surface area contributed by atoms with Gasteiger partial charge in [-0.15, -0.1) is 0 Å². The number of fused-ring (bicyclic) bond motifs is 1. The van der Waals surface area contributed by atoms with Crippen molar-refractivity contribution < 1.29 is 9.90 Å². The van der Waals surface area contributed by atoms with Crippen LogP contribution in [0.1, 0.15) is 18.1 Å². The number of nitrogens with one attached hydrogen (secondary N) is 1. The zero-order valence-corrected chi connectivity index (χ0v) is 12.8. The minimum absolute atomic E-state index is 0.0768. The van der Waals surface area contributed by atoms with Crippen molar-refractivity contribution in [2.45, 2.75) is 19.1 Å². The first-order valence-corrected chi connectivity index (χ1v) is 8.05. The van der Waals surface area contributed by atoms with E-state index in [9.17, 15) is 9.90 Å². The fourth-order valence-corrected chi connectivity index (χ4v) is 3.00. The molecule has 2 heterocycles. The lowest BCUT2D eigenvalue weighted by Crippen LogP contribution is -2.28. The maximum atomic E-state index is 11.9. The number of aliphatic hydroxyl groups is 1. The molecule has 0 unspecified atom stereocenters. The first kappa shape index (κ1) is 14.7. The Labute approximate surface area is 132 Å². The molecule has 2 aromatic heterocycles. The Morgan fingerprint density at radius 1 is 1.36 bits per heavy atom. The van der Waals surface area contributed by atoms with E-state index in [2.05, 4.69) is 10.3 Å². The molecule has 0 aliphatic rings. The van der Waals surface area contributed by atoms with Crippen LogP contribution in [0, 0.1) is 0 Å². The summed E-state index contributed by atoms with van der Waals surface area (Å²) >= 11 is 1.53. The second-order valence-electron chi connectivity index (χ2n) is 5.05. The molecule has 114 valence electrons. The van der Waals surface area contributed by atoms with Crippen molar-refractivity contribution in [2.24, 2.45) is 0 Å². The molecule has 1 aromatic carbocycles. The number of amides is 1. The van der Waals surface area contributed by atoms with Gasteiger partial charge >= 0.3 is 0 Å². The van der Waals surface area contributed by atoms with Crippen molar-refractivity contribution in [2.75, 3.05) is 6.54 Å². The molecule has 0 radical (unpaired) electrons. The van der Waals surface area contributed by atoms with Crippen LogP contribution in [0.15, 0.2) is 47.4 Å². The molecule has 0 bridgehead atoms. The van der Waals surface area contributed by atoms with Crippen molar-refractivity contribution in [3.8, 4) is 0 Å². The molecular weight excluding hydrogens is 298 g/mol. The summed E-state index contributed by atoms with van der Waals surface area (Å²) < 4.78 is 1.96. The normalized spacial score (nSPS) is 12.4. The standard InChI is InChI=1S/C16H17N3O2S/c20-15(12-6-8-22-10-12)9-17-16(21)5-7-19-11-18-13-3-1-2-4-14(13)19/h1-4,6,8,10-11,15,20H,5,7,9H2,(H,17,21)/t15-/m0/s1. The van der Waals surface area contributed by atoms with Gasteiger partial charge in [-0.05, 0) is 34.5 Å². The van der Waals surface area contributed by atoms with Gasteiger partial charge in [0, 0.05) is 19.5 Å². The number of imidazole rings is 1. The summed E-state index contributed by atoms with van der Waals surface area (Å²) in [6.07, 6.45) is 1.46. The van der Waals surface area contributed by atoms with Crippen LogP contribution >= 0.6 is 11.3 Å². The van der Waals surface area contributed by atoms with E-state index in [1.54, 1.807) is 6.33 Å². The smallest absolute Gasteiger partial charge is 0.221 e. The molecule has 3 aromatic rings. The Kier molecular flexibility index (Phi) is 4.50. The zero-order valence-electron chi connectivity index (χ0n) is 12.0. The highest BCUT2D eigenvalue weighted by molar-refractivity contribution is 7.07. The number of nitrogens with zero attached hydrogens (tertiary/aromatic N) is 2. The molecule has 6 heteroatoms.